The molecule has 29 heavy (non-hydrogen) atoms. The molecule has 4 rings (SSSR count). The second-order valence-corrected chi connectivity index (χ2v) is 7.56. The molecule has 0 saturated heterocycles. The SMILES string of the molecule is COc1ccc(-c2nc(NCc3cccs3)n(C(=O)c3ccccc3Cl)n2)cc1. The first-order valence-corrected chi connectivity index (χ1v) is 10.1. The Morgan fingerprint density at radius 1 is 1.14 bits per heavy atom. The van der Waals surface area contributed by atoms with Gasteiger partial charge in [-0.25, -0.2) is 0 Å². The van der Waals surface area contributed by atoms with Gasteiger partial charge in [-0.2, -0.15) is 9.67 Å². The van der Waals surface area contributed by atoms with E-state index >= 15 is 0 Å². The highest BCUT2D eigenvalue weighted by atomic mass is 35.5. The summed E-state index contributed by atoms with van der Waals surface area (Å²) in [6.07, 6.45) is 0. The monoisotopic (exact) mass is 424 g/mol. The fraction of sp³-hybridized carbons (Fsp3) is 0.0952. The first kappa shape index (κ1) is 19.2. The molecule has 0 fully saturated rings. The van der Waals surface area contributed by atoms with Crippen LogP contribution in [0.15, 0.2) is 66.0 Å². The van der Waals surface area contributed by atoms with Crippen molar-refractivity contribution in [3.63, 3.8) is 0 Å². The minimum absolute atomic E-state index is 0.350. The molecule has 0 aliphatic rings. The highest BCUT2D eigenvalue weighted by Crippen LogP contribution is 2.24. The molecular formula is C21H17ClN4O2S. The lowest BCUT2D eigenvalue weighted by Gasteiger charge is -2.07. The second kappa shape index (κ2) is 8.46. The van der Waals surface area contributed by atoms with Gasteiger partial charge in [-0.1, -0.05) is 29.8 Å². The van der Waals surface area contributed by atoms with E-state index in [0.717, 1.165) is 16.2 Å². The highest BCUT2D eigenvalue weighted by molar-refractivity contribution is 7.09. The summed E-state index contributed by atoms with van der Waals surface area (Å²) in [6.45, 7) is 0.536. The van der Waals surface area contributed by atoms with E-state index in [1.807, 2.05) is 41.8 Å². The number of nitrogens with zero attached hydrogens (tertiary/aromatic N) is 3. The van der Waals surface area contributed by atoms with E-state index in [1.165, 1.54) is 4.68 Å². The van der Waals surface area contributed by atoms with Crippen LogP contribution in [-0.2, 0) is 6.54 Å². The predicted molar refractivity (Wildman–Crippen MR) is 115 cm³/mol. The number of benzene rings is 2. The van der Waals surface area contributed by atoms with E-state index in [1.54, 1.807) is 42.7 Å². The largest absolute Gasteiger partial charge is 0.497 e. The summed E-state index contributed by atoms with van der Waals surface area (Å²) in [5.41, 5.74) is 1.13. The van der Waals surface area contributed by atoms with Crippen LogP contribution in [0.25, 0.3) is 11.4 Å². The summed E-state index contributed by atoms with van der Waals surface area (Å²) in [7, 11) is 1.61. The summed E-state index contributed by atoms with van der Waals surface area (Å²) >= 11 is 7.84. The van der Waals surface area contributed by atoms with Gasteiger partial charge < -0.3 is 10.1 Å². The van der Waals surface area contributed by atoms with Gasteiger partial charge in [0.2, 0.25) is 5.95 Å². The van der Waals surface area contributed by atoms with Crippen molar-refractivity contribution in [2.45, 2.75) is 6.54 Å². The minimum Gasteiger partial charge on any atom is -0.497 e. The zero-order valence-corrected chi connectivity index (χ0v) is 17.1. The van der Waals surface area contributed by atoms with Gasteiger partial charge in [0.1, 0.15) is 5.75 Å². The van der Waals surface area contributed by atoms with Gasteiger partial charge in [0.05, 0.1) is 24.2 Å². The number of rotatable bonds is 6. The number of ether oxygens (including phenoxy) is 1. The average molecular weight is 425 g/mol. The first-order chi connectivity index (χ1) is 14.2. The Labute approximate surface area is 176 Å². The van der Waals surface area contributed by atoms with E-state index in [9.17, 15) is 4.79 Å². The Morgan fingerprint density at radius 2 is 1.93 bits per heavy atom. The van der Waals surface area contributed by atoms with Crippen molar-refractivity contribution in [3.8, 4) is 17.1 Å². The van der Waals surface area contributed by atoms with Crippen molar-refractivity contribution in [1.82, 2.24) is 14.8 Å². The maximum absolute atomic E-state index is 13.1. The number of carbonyl (C=O) groups excluding carboxylic acids is 1. The van der Waals surface area contributed by atoms with Crippen LogP contribution < -0.4 is 10.1 Å². The van der Waals surface area contributed by atoms with Crippen LogP contribution in [0.3, 0.4) is 0 Å². The Balaban J connectivity index is 1.71. The standard InChI is InChI=1S/C21H17ClN4O2S/c1-28-15-10-8-14(9-11-15)19-24-21(23-13-16-5-4-12-29-16)26(25-19)20(27)17-6-2-3-7-18(17)22/h2-12H,13H2,1H3,(H,23,24,25). The van der Waals surface area contributed by atoms with E-state index in [-0.39, 0.29) is 5.91 Å². The summed E-state index contributed by atoms with van der Waals surface area (Å²) in [5, 5.41) is 10.0. The van der Waals surface area contributed by atoms with Crippen LogP contribution in [0.4, 0.5) is 5.95 Å². The van der Waals surface area contributed by atoms with Gasteiger partial charge >= 0.3 is 0 Å². The number of methoxy groups -OCH3 is 1. The molecule has 0 bridgehead atoms. The number of aromatic nitrogens is 3. The predicted octanol–water partition coefficient (Wildman–Crippen LogP) is 4.97. The smallest absolute Gasteiger partial charge is 0.282 e. The minimum atomic E-state index is -0.350. The van der Waals surface area contributed by atoms with Crippen molar-refractivity contribution >= 4 is 34.8 Å². The molecule has 4 aromatic rings. The molecule has 2 heterocycles. The fourth-order valence-corrected chi connectivity index (χ4v) is 3.62. The van der Waals surface area contributed by atoms with Crippen LogP contribution >= 0.6 is 22.9 Å². The van der Waals surface area contributed by atoms with Gasteiger partial charge in [-0.05, 0) is 47.8 Å². The second-order valence-electron chi connectivity index (χ2n) is 6.12. The molecule has 1 N–H and O–H groups in total. The molecule has 6 nitrogen and oxygen atoms in total. The first-order valence-electron chi connectivity index (χ1n) is 8.82. The van der Waals surface area contributed by atoms with E-state index < -0.39 is 0 Å². The van der Waals surface area contributed by atoms with Crippen molar-refractivity contribution in [3.05, 3.63) is 81.5 Å². The number of hydrogen-bond acceptors (Lipinski definition) is 6. The third-order valence-corrected chi connectivity index (χ3v) is 5.46. The summed E-state index contributed by atoms with van der Waals surface area (Å²) < 4.78 is 6.46. The molecule has 2 aromatic heterocycles. The fourth-order valence-electron chi connectivity index (χ4n) is 2.76. The average Bonchev–Trinajstić information content (AvgIpc) is 3.42. The van der Waals surface area contributed by atoms with Crippen LogP contribution in [0.1, 0.15) is 15.2 Å². The van der Waals surface area contributed by atoms with E-state index in [0.29, 0.717) is 28.9 Å². The summed E-state index contributed by atoms with van der Waals surface area (Å²) in [6, 6.07) is 18.2. The lowest BCUT2D eigenvalue weighted by Crippen LogP contribution is -2.17. The third kappa shape index (κ3) is 4.16. The molecule has 146 valence electrons. The number of carbonyl (C=O) groups is 1. The van der Waals surface area contributed by atoms with Gasteiger partial charge in [0, 0.05) is 10.4 Å². The third-order valence-electron chi connectivity index (χ3n) is 4.25. The Morgan fingerprint density at radius 3 is 2.62 bits per heavy atom. The molecule has 0 aliphatic carbocycles. The zero-order valence-electron chi connectivity index (χ0n) is 15.5. The number of anilines is 1. The van der Waals surface area contributed by atoms with Gasteiger partial charge in [-0.3, -0.25) is 4.79 Å². The lowest BCUT2D eigenvalue weighted by molar-refractivity contribution is 0.0947. The van der Waals surface area contributed by atoms with Gasteiger partial charge in [-0.15, -0.1) is 16.4 Å². The van der Waals surface area contributed by atoms with E-state index in [2.05, 4.69) is 15.4 Å². The topological polar surface area (TPSA) is 69.0 Å². The van der Waals surface area contributed by atoms with Gasteiger partial charge in [0.15, 0.2) is 5.82 Å². The molecule has 0 saturated carbocycles. The highest BCUT2D eigenvalue weighted by Gasteiger charge is 2.20. The number of halogens is 1. The molecule has 0 unspecified atom stereocenters. The molecule has 8 heteroatoms. The number of thiophene rings is 1. The van der Waals surface area contributed by atoms with E-state index in [4.69, 9.17) is 16.3 Å². The summed E-state index contributed by atoms with van der Waals surface area (Å²) in [4.78, 5) is 18.8. The molecule has 0 spiro atoms. The molecular weight excluding hydrogens is 408 g/mol. The molecule has 0 aliphatic heterocycles. The lowest BCUT2D eigenvalue weighted by atomic mass is 10.2. The summed E-state index contributed by atoms with van der Waals surface area (Å²) in [5.74, 6) is 1.17. The number of nitrogens with one attached hydrogen (secondary N) is 1. The van der Waals surface area contributed by atoms with Gasteiger partial charge in [0.25, 0.3) is 5.91 Å². The van der Waals surface area contributed by atoms with Crippen molar-refractivity contribution in [2.75, 3.05) is 12.4 Å². The van der Waals surface area contributed by atoms with Crippen LogP contribution in [0, 0.1) is 0 Å². The maximum atomic E-state index is 13.1. The molecule has 0 atom stereocenters. The zero-order chi connectivity index (χ0) is 20.2. The molecule has 2 aromatic carbocycles. The Hall–Kier alpha value is -3.16. The van der Waals surface area contributed by atoms with Crippen LogP contribution in [0.2, 0.25) is 5.02 Å². The van der Waals surface area contributed by atoms with Crippen molar-refractivity contribution in [1.29, 1.82) is 0 Å². The quantitative estimate of drug-likeness (QED) is 0.473. The Bertz CT molecular complexity index is 1120. The van der Waals surface area contributed by atoms with Crippen LogP contribution in [-0.4, -0.2) is 27.8 Å². The maximum Gasteiger partial charge on any atom is 0.282 e. The van der Waals surface area contributed by atoms with Crippen molar-refractivity contribution in [2.24, 2.45) is 0 Å². The molecule has 0 amide bonds. The van der Waals surface area contributed by atoms with Crippen molar-refractivity contribution < 1.29 is 9.53 Å². The van der Waals surface area contributed by atoms with Crippen LogP contribution in [0.5, 0.6) is 5.75 Å². The normalized spacial score (nSPS) is 10.7. The molecule has 0 radical (unpaired) electrons. The Kier molecular flexibility index (Phi) is 5.59. The number of hydrogen-bond donors (Lipinski definition) is 1.